The summed E-state index contributed by atoms with van der Waals surface area (Å²) in [6, 6.07) is 0. The summed E-state index contributed by atoms with van der Waals surface area (Å²) >= 11 is 0. The molecule has 0 aliphatic rings. The van der Waals surface area contributed by atoms with Crippen molar-refractivity contribution in [2.75, 3.05) is 0 Å². The van der Waals surface area contributed by atoms with E-state index >= 15 is 0 Å². The maximum atomic E-state index is 4.35. The summed E-state index contributed by atoms with van der Waals surface area (Å²) in [4.78, 5) is 4.35. The molecule has 0 aromatic carbocycles. The van der Waals surface area contributed by atoms with Crippen molar-refractivity contribution >= 4 is 0 Å². The second-order valence-corrected chi connectivity index (χ2v) is 3.26. The summed E-state index contributed by atoms with van der Waals surface area (Å²) in [7, 11) is 1.89. The molecule has 1 N–H and O–H groups in total. The molecule has 0 aliphatic heterocycles. The number of rotatable bonds is 2. The molecule has 0 bridgehead atoms. The first-order valence-electron chi connectivity index (χ1n) is 4.62. The zero-order valence-corrected chi connectivity index (χ0v) is 8.57. The fraction of sp³-hybridized carbons (Fsp3) is 0.444. The van der Waals surface area contributed by atoms with Gasteiger partial charge in [0.15, 0.2) is 5.82 Å². The number of hydrogen-bond acceptors (Lipinski definition) is 3. The molecule has 14 heavy (non-hydrogen) atoms. The minimum Gasteiger partial charge on any atom is -0.275 e. The van der Waals surface area contributed by atoms with Gasteiger partial charge in [0, 0.05) is 19.7 Å². The largest absolute Gasteiger partial charge is 0.275 e. The van der Waals surface area contributed by atoms with Crippen molar-refractivity contribution < 1.29 is 0 Å². The summed E-state index contributed by atoms with van der Waals surface area (Å²) in [6.07, 6.45) is 2.80. The third kappa shape index (κ3) is 1.41. The number of aryl methyl sites for hydroxylation is 3. The maximum Gasteiger partial charge on any atom is 0.184 e. The van der Waals surface area contributed by atoms with E-state index in [-0.39, 0.29) is 0 Å². The monoisotopic (exact) mass is 191 g/mol. The topological polar surface area (TPSA) is 59.4 Å². The highest BCUT2D eigenvalue weighted by Gasteiger charge is 2.10. The van der Waals surface area contributed by atoms with E-state index in [1.807, 2.05) is 27.1 Å². The molecule has 0 radical (unpaired) electrons. The van der Waals surface area contributed by atoms with E-state index < -0.39 is 0 Å². The summed E-state index contributed by atoms with van der Waals surface area (Å²) in [6.45, 7) is 4.00. The fourth-order valence-corrected chi connectivity index (χ4v) is 1.39. The molecular formula is C9H13N5. The highest BCUT2D eigenvalue weighted by Crippen LogP contribution is 2.17. The Hall–Kier alpha value is -1.65. The van der Waals surface area contributed by atoms with Gasteiger partial charge in [0.2, 0.25) is 0 Å². The van der Waals surface area contributed by atoms with Crippen molar-refractivity contribution in [1.82, 2.24) is 25.0 Å². The van der Waals surface area contributed by atoms with Crippen LogP contribution < -0.4 is 0 Å². The number of hydrogen-bond donors (Lipinski definition) is 1. The molecule has 74 valence electrons. The molecule has 0 saturated carbocycles. The van der Waals surface area contributed by atoms with Crippen LogP contribution in [0.3, 0.4) is 0 Å². The highest BCUT2D eigenvalue weighted by molar-refractivity contribution is 5.56. The van der Waals surface area contributed by atoms with E-state index in [9.17, 15) is 0 Å². The average molecular weight is 191 g/mol. The summed E-state index contributed by atoms with van der Waals surface area (Å²) in [5, 5.41) is 11.3. The molecule has 0 spiro atoms. The van der Waals surface area contributed by atoms with E-state index in [0.717, 1.165) is 29.3 Å². The van der Waals surface area contributed by atoms with Crippen LogP contribution in [0.2, 0.25) is 0 Å². The molecule has 0 amide bonds. The van der Waals surface area contributed by atoms with Crippen LogP contribution in [-0.2, 0) is 13.5 Å². The Balaban J connectivity index is 2.43. The number of nitrogens with one attached hydrogen (secondary N) is 1. The highest BCUT2D eigenvalue weighted by atomic mass is 15.3. The van der Waals surface area contributed by atoms with Crippen LogP contribution >= 0.6 is 0 Å². The second-order valence-electron chi connectivity index (χ2n) is 3.26. The minimum absolute atomic E-state index is 0.729. The van der Waals surface area contributed by atoms with E-state index in [2.05, 4.69) is 20.3 Å². The molecule has 0 fully saturated rings. The summed E-state index contributed by atoms with van der Waals surface area (Å²) in [5.74, 6) is 1.63. The first-order chi connectivity index (χ1) is 6.70. The predicted molar refractivity (Wildman–Crippen MR) is 52.7 cm³/mol. The summed E-state index contributed by atoms with van der Waals surface area (Å²) < 4.78 is 1.77. The quantitative estimate of drug-likeness (QED) is 0.772. The minimum atomic E-state index is 0.729. The molecule has 5 heteroatoms. The third-order valence-corrected chi connectivity index (χ3v) is 2.12. The molecule has 0 saturated heterocycles. The van der Waals surface area contributed by atoms with E-state index in [1.54, 1.807) is 4.68 Å². The number of aromatic amines is 1. The SMILES string of the molecule is CCc1nc(-c2cn(C)nc2C)n[nH]1. The number of nitrogens with zero attached hydrogens (tertiary/aromatic N) is 4. The molecular weight excluding hydrogens is 178 g/mol. The van der Waals surface area contributed by atoms with Crippen LogP contribution in [0.25, 0.3) is 11.4 Å². The fourth-order valence-electron chi connectivity index (χ4n) is 1.39. The van der Waals surface area contributed by atoms with Crippen molar-refractivity contribution in [2.45, 2.75) is 20.3 Å². The Morgan fingerprint density at radius 3 is 2.79 bits per heavy atom. The molecule has 2 aromatic rings. The van der Waals surface area contributed by atoms with Crippen molar-refractivity contribution in [3.63, 3.8) is 0 Å². The lowest BCUT2D eigenvalue weighted by Gasteiger charge is -1.87. The van der Waals surface area contributed by atoms with Crippen molar-refractivity contribution in [2.24, 2.45) is 7.05 Å². The van der Waals surface area contributed by atoms with E-state index in [0.29, 0.717) is 0 Å². The molecule has 0 atom stereocenters. The van der Waals surface area contributed by atoms with Gasteiger partial charge in [0.25, 0.3) is 0 Å². The van der Waals surface area contributed by atoms with Gasteiger partial charge in [-0.2, -0.15) is 10.2 Å². The molecule has 2 heterocycles. The van der Waals surface area contributed by atoms with Gasteiger partial charge in [-0.05, 0) is 6.92 Å². The third-order valence-electron chi connectivity index (χ3n) is 2.12. The van der Waals surface area contributed by atoms with Crippen LogP contribution in [0.4, 0.5) is 0 Å². The molecule has 0 unspecified atom stereocenters. The van der Waals surface area contributed by atoms with Gasteiger partial charge in [-0.1, -0.05) is 6.92 Å². The number of H-pyrrole nitrogens is 1. The Morgan fingerprint density at radius 2 is 2.29 bits per heavy atom. The zero-order chi connectivity index (χ0) is 10.1. The van der Waals surface area contributed by atoms with Gasteiger partial charge < -0.3 is 0 Å². The Kier molecular flexibility index (Phi) is 2.07. The second kappa shape index (κ2) is 3.25. The van der Waals surface area contributed by atoms with Gasteiger partial charge in [0.05, 0.1) is 11.3 Å². The average Bonchev–Trinajstić information content (AvgIpc) is 2.71. The lowest BCUT2D eigenvalue weighted by atomic mass is 10.2. The Bertz CT molecular complexity index is 440. The standard InChI is InChI=1S/C9H13N5/c1-4-8-10-9(12-11-8)7-5-14(3)13-6(7)2/h5H,4H2,1-3H3,(H,10,11,12). The van der Waals surface area contributed by atoms with Crippen LogP contribution in [0.5, 0.6) is 0 Å². The lowest BCUT2D eigenvalue weighted by Crippen LogP contribution is -1.86. The van der Waals surface area contributed by atoms with Gasteiger partial charge in [-0.15, -0.1) is 0 Å². The van der Waals surface area contributed by atoms with Crippen molar-refractivity contribution in [3.05, 3.63) is 17.7 Å². The maximum absolute atomic E-state index is 4.35. The molecule has 5 nitrogen and oxygen atoms in total. The van der Waals surface area contributed by atoms with E-state index in [4.69, 9.17) is 0 Å². The first-order valence-corrected chi connectivity index (χ1v) is 4.62. The smallest absolute Gasteiger partial charge is 0.184 e. The van der Waals surface area contributed by atoms with Crippen LogP contribution in [0, 0.1) is 6.92 Å². The van der Waals surface area contributed by atoms with Gasteiger partial charge in [-0.25, -0.2) is 4.98 Å². The van der Waals surface area contributed by atoms with Gasteiger partial charge in [0.1, 0.15) is 5.82 Å². The van der Waals surface area contributed by atoms with Gasteiger partial charge >= 0.3 is 0 Å². The predicted octanol–water partition coefficient (Wildman–Crippen LogP) is 1.08. The van der Waals surface area contributed by atoms with Crippen LogP contribution in [0.1, 0.15) is 18.4 Å². The van der Waals surface area contributed by atoms with E-state index in [1.165, 1.54) is 0 Å². The lowest BCUT2D eigenvalue weighted by molar-refractivity contribution is 0.756. The van der Waals surface area contributed by atoms with Crippen LogP contribution in [0.15, 0.2) is 6.20 Å². The van der Waals surface area contributed by atoms with Gasteiger partial charge in [-0.3, -0.25) is 9.78 Å². The Labute approximate surface area is 82.2 Å². The summed E-state index contributed by atoms with van der Waals surface area (Å²) in [5.41, 5.74) is 1.94. The molecule has 2 aromatic heterocycles. The van der Waals surface area contributed by atoms with Crippen LogP contribution in [-0.4, -0.2) is 25.0 Å². The number of aromatic nitrogens is 5. The van der Waals surface area contributed by atoms with Crippen molar-refractivity contribution in [3.8, 4) is 11.4 Å². The molecule has 2 rings (SSSR count). The Morgan fingerprint density at radius 1 is 1.50 bits per heavy atom. The first kappa shape index (κ1) is 8.93. The molecule has 0 aliphatic carbocycles. The zero-order valence-electron chi connectivity index (χ0n) is 8.57. The normalized spacial score (nSPS) is 10.8. The van der Waals surface area contributed by atoms with Crippen molar-refractivity contribution in [1.29, 1.82) is 0 Å².